The molecular formula is C22H27N5O4. The van der Waals surface area contributed by atoms with Crippen LogP contribution in [0.4, 0.5) is 11.5 Å². The van der Waals surface area contributed by atoms with Gasteiger partial charge >= 0.3 is 5.69 Å². The maximum absolute atomic E-state index is 13.2. The largest absolute Gasteiger partial charge is 0.383 e. The molecule has 31 heavy (non-hydrogen) atoms. The summed E-state index contributed by atoms with van der Waals surface area (Å²) < 4.78 is 1.27. The first kappa shape index (κ1) is 22.1. The Morgan fingerprint density at radius 3 is 2.42 bits per heavy atom. The van der Waals surface area contributed by atoms with Gasteiger partial charge < -0.3 is 10.6 Å². The van der Waals surface area contributed by atoms with Crippen LogP contribution in [0.1, 0.15) is 49.0 Å². The summed E-state index contributed by atoms with van der Waals surface area (Å²) in [6.45, 7) is 8.02. The van der Waals surface area contributed by atoms with Gasteiger partial charge in [0.25, 0.3) is 11.5 Å². The summed E-state index contributed by atoms with van der Waals surface area (Å²) in [7, 11) is 0. The second kappa shape index (κ2) is 9.03. The van der Waals surface area contributed by atoms with Crippen molar-refractivity contribution in [1.82, 2.24) is 14.5 Å². The predicted molar refractivity (Wildman–Crippen MR) is 120 cm³/mol. The smallest absolute Gasteiger partial charge is 0.330 e. The molecule has 1 aromatic heterocycles. The van der Waals surface area contributed by atoms with Crippen LogP contribution >= 0.6 is 0 Å². The molecule has 0 radical (unpaired) electrons. The van der Waals surface area contributed by atoms with E-state index in [-0.39, 0.29) is 30.5 Å². The molecule has 9 heteroatoms. The minimum atomic E-state index is -0.730. The summed E-state index contributed by atoms with van der Waals surface area (Å²) >= 11 is 0. The third-order valence-corrected chi connectivity index (χ3v) is 5.30. The number of carbonyl (C=O) groups excluding carboxylic acids is 2. The highest BCUT2D eigenvalue weighted by molar-refractivity contribution is 6.11. The van der Waals surface area contributed by atoms with Crippen molar-refractivity contribution in [2.45, 2.75) is 39.7 Å². The molecular weight excluding hydrogens is 398 g/mol. The number of unbranched alkanes of at least 4 members (excludes halogenated alkanes) is 1. The quantitative estimate of drug-likeness (QED) is 0.668. The molecule has 2 amide bonds. The Balaban J connectivity index is 1.96. The lowest BCUT2D eigenvalue weighted by Gasteiger charge is -2.26. The second-order valence-corrected chi connectivity index (χ2v) is 7.43. The SMILES string of the molecule is C=C1c2ccccc2C(=O)N1CC(=O)N(CCC)c1c(N)n(CCCC)c(=O)[nH]c1=O. The molecule has 0 saturated heterocycles. The van der Waals surface area contributed by atoms with E-state index in [2.05, 4.69) is 11.6 Å². The number of H-pyrrole nitrogens is 1. The van der Waals surface area contributed by atoms with Crippen LogP contribution in [-0.4, -0.2) is 39.4 Å². The number of hydrogen-bond acceptors (Lipinski definition) is 5. The van der Waals surface area contributed by atoms with Gasteiger partial charge in [-0.2, -0.15) is 0 Å². The van der Waals surface area contributed by atoms with Gasteiger partial charge in [-0.05, 0) is 18.9 Å². The molecule has 0 bridgehead atoms. The van der Waals surface area contributed by atoms with E-state index in [1.165, 1.54) is 14.4 Å². The molecule has 3 rings (SSSR count). The van der Waals surface area contributed by atoms with Gasteiger partial charge in [0.15, 0.2) is 5.69 Å². The van der Waals surface area contributed by atoms with Crippen LogP contribution in [0.25, 0.3) is 5.70 Å². The van der Waals surface area contributed by atoms with Gasteiger partial charge in [0.2, 0.25) is 5.91 Å². The molecule has 0 atom stereocenters. The van der Waals surface area contributed by atoms with Crippen molar-refractivity contribution in [2.24, 2.45) is 0 Å². The van der Waals surface area contributed by atoms with E-state index in [0.29, 0.717) is 36.2 Å². The minimum Gasteiger partial charge on any atom is -0.383 e. The van der Waals surface area contributed by atoms with Crippen molar-refractivity contribution in [2.75, 3.05) is 23.7 Å². The maximum atomic E-state index is 13.2. The molecule has 1 aromatic carbocycles. The average molecular weight is 425 g/mol. The maximum Gasteiger partial charge on any atom is 0.330 e. The van der Waals surface area contributed by atoms with Gasteiger partial charge in [-0.1, -0.05) is 45.0 Å². The Labute approximate surface area is 179 Å². The molecule has 0 fully saturated rings. The molecule has 0 unspecified atom stereocenters. The first-order valence-corrected chi connectivity index (χ1v) is 10.3. The van der Waals surface area contributed by atoms with E-state index in [1.807, 2.05) is 13.8 Å². The average Bonchev–Trinajstić information content (AvgIpc) is 2.98. The molecule has 0 spiro atoms. The molecule has 2 aromatic rings. The molecule has 1 aliphatic rings. The number of anilines is 2. The number of nitrogens with two attached hydrogens (primary N) is 1. The van der Waals surface area contributed by atoms with Crippen molar-refractivity contribution < 1.29 is 9.59 Å². The predicted octanol–water partition coefficient (Wildman–Crippen LogP) is 1.79. The monoisotopic (exact) mass is 425 g/mol. The number of amides is 2. The van der Waals surface area contributed by atoms with Gasteiger partial charge in [0.05, 0.1) is 0 Å². The molecule has 3 N–H and O–H groups in total. The zero-order chi connectivity index (χ0) is 22.7. The van der Waals surface area contributed by atoms with Crippen molar-refractivity contribution in [1.29, 1.82) is 0 Å². The Morgan fingerprint density at radius 1 is 1.13 bits per heavy atom. The highest BCUT2D eigenvalue weighted by atomic mass is 16.2. The fourth-order valence-corrected chi connectivity index (χ4v) is 3.68. The molecule has 0 saturated carbocycles. The normalized spacial score (nSPS) is 12.9. The van der Waals surface area contributed by atoms with Crippen LogP contribution in [0.3, 0.4) is 0 Å². The number of benzene rings is 1. The summed E-state index contributed by atoms with van der Waals surface area (Å²) in [6, 6.07) is 7.00. The molecule has 2 heterocycles. The zero-order valence-corrected chi connectivity index (χ0v) is 17.8. The standard InChI is InChI=1S/C22H27N5O4/c1-4-6-12-26-19(23)18(20(29)24-22(26)31)25(11-5-2)17(28)13-27-14(3)15-9-7-8-10-16(15)21(27)30/h7-10H,3-6,11-13,23H2,1-2H3,(H,24,29,31). The number of nitrogen functional groups attached to an aromatic ring is 1. The number of aromatic amines is 1. The number of nitrogens with one attached hydrogen (secondary N) is 1. The number of carbonyl (C=O) groups is 2. The number of rotatable bonds is 8. The summed E-state index contributed by atoms with van der Waals surface area (Å²) in [5.41, 5.74) is 6.35. The summed E-state index contributed by atoms with van der Waals surface area (Å²) in [6.07, 6.45) is 2.07. The second-order valence-electron chi connectivity index (χ2n) is 7.43. The number of aromatic nitrogens is 2. The van der Waals surface area contributed by atoms with Crippen molar-refractivity contribution >= 4 is 29.0 Å². The van der Waals surface area contributed by atoms with Gasteiger partial charge in [0.1, 0.15) is 12.4 Å². The lowest BCUT2D eigenvalue weighted by Crippen LogP contribution is -2.45. The topological polar surface area (TPSA) is 121 Å². The fourth-order valence-electron chi connectivity index (χ4n) is 3.68. The zero-order valence-electron chi connectivity index (χ0n) is 17.8. The summed E-state index contributed by atoms with van der Waals surface area (Å²) in [5.74, 6) is -0.860. The Hall–Kier alpha value is -3.62. The van der Waals surface area contributed by atoms with Crippen LogP contribution in [0, 0.1) is 0 Å². The van der Waals surface area contributed by atoms with Gasteiger partial charge in [0, 0.05) is 29.9 Å². The summed E-state index contributed by atoms with van der Waals surface area (Å²) in [4.78, 5) is 55.6. The first-order chi connectivity index (χ1) is 14.8. The minimum absolute atomic E-state index is 0.0566. The van der Waals surface area contributed by atoms with Crippen LogP contribution in [0.15, 0.2) is 40.4 Å². The van der Waals surface area contributed by atoms with E-state index in [9.17, 15) is 19.2 Å². The van der Waals surface area contributed by atoms with Crippen LogP contribution in [0.5, 0.6) is 0 Å². The third-order valence-electron chi connectivity index (χ3n) is 5.30. The van der Waals surface area contributed by atoms with Crippen LogP contribution in [0.2, 0.25) is 0 Å². The van der Waals surface area contributed by atoms with Gasteiger partial charge in [-0.3, -0.25) is 28.8 Å². The van der Waals surface area contributed by atoms with Crippen LogP contribution in [-0.2, 0) is 11.3 Å². The van der Waals surface area contributed by atoms with E-state index < -0.39 is 17.2 Å². The third kappa shape index (κ3) is 4.03. The lowest BCUT2D eigenvalue weighted by molar-refractivity contribution is -0.118. The summed E-state index contributed by atoms with van der Waals surface area (Å²) in [5, 5.41) is 0. The number of hydrogen-bond donors (Lipinski definition) is 2. The van der Waals surface area contributed by atoms with Crippen LogP contribution < -0.4 is 21.9 Å². The lowest BCUT2D eigenvalue weighted by atomic mass is 10.1. The van der Waals surface area contributed by atoms with Crippen molar-refractivity contribution in [3.8, 4) is 0 Å². The molecule has 164 valence electrons. The van der Waals surface area contributed by atoms with E-state index in [4.69, 9.17) is 5.73 Å². The first-order valence-electron chi connectivity index (χ1n) is 10.3. The fraction of sp³-hybridized carbons (Fsp3) is 0.364. The molecule has 0 aliphatic carbocycles. The Morgan fingerprint density at radius 2 is 1.81 bits per heavy atom. The van der Waals surface area contributed by atoms with Crippen molar-refractivity contribution in [3.05, 3.63) is 62.8 Å². The van der Waals surface area contributed by atoms with E-state index >= 15 is 0 Å². The highest BCUT2D eigenvalue weighted by Gasteiger charge is 2.34. The number of fused-ring (bicyclic) bond motifs is 1. The molecule has 1 aliphatic heterocycles. The highest BCUT2D eigenvalue weighted by Crippen LogP contribution is 2.31. The van der Waals surface area contributed by atoms with Crippen molar-refractivity contribution in [3.63, 3.8) is 0 Å². The Bertz CT molecular complexity index is 1110. The van der Waals surface area contributed by atoms with E-state index in [0.717, 1.165) is 6.42 Å². The van der Waals surface area contributed by atoms with E-state index in [1.54, 1.807) is 24.3 Å². The van der Waals surface area contributed by atoms with Gasteiger partial charge in [-0.25, -0.2) is 4.79 Å². The number of nitrogens with zero attached hydrogens (tertiary/aromatic N) is 3. The molecule has 9 nitrogen and oxygen atoms in total. The Kier molecular flexibility index (Phi) is 6.43. The van der Waals surface area contributed by atoms with Gasteiger partial charge in [-0.15, -0.1) is 0 Å².